The highest BCUT2D eigenvalue weighted by Gasteiger charge is 2.26. The fourth-order valence-corrected chi connectivity index (χ4v) is 1.84. The molecule has 1 aromatic carbocycles. The molecule has 2 rings (SSSR count). The number of nitrogen functional groups attached to an aromatic ring is 1. The number of nitrogens with two attached hydrogens (primary N) is 1. The van der Waals surface area contributed by atoms with E-state index in [0.29, 0.717) is 12.3 Å². The molecule has 0 amide bonds. The summed E-state index contributed by atoms with van der Waals surface area (Å²) in [5.74, 6) is 0.194. The number of para-hydroxylation sites is 1. The van der Waals surface area contributed by atoms with Gasteiger partial charge in [0.05, 0.1) is 12.7 Å². The molecule has 3 heteroatoms. The van der Waals surface area contributed by atoms with Crippen LogP contribution in [0.3, 0.4) is 0 Å². The third-order valence-corrected chi connectivity index (χ3v) is 2.73. The van der Waals surface area contributed by atoms with E-state index in [1.54, 1.807) is 0 Å². The molecular weight excluding hydrogens is 178 g/mol. The highest BCUT2D eigenvalue weighted by Crippen LogP contribution is 2.31. The molecule has 1 fully saturated rings. The maximum absolute atomic E-state index is 10.0. The van der Waals surface area contributed by atoms with E-state index < -0.39 is 6.10 Å². The second-order valence-corrected chi connectivity index (χ2v) is 3.70. The van der Waals surface area contributed by atoms with E-state index in [2.05, 4.69) is 0 Å². The molecule has 1 aromatic rings. The molecule has 0 aromatic heterocycles. The summed E-state index contributed by atoms with van der Waals surface area (Å²) in [5, 5.41) is 10.0. The molecule has 1 heterocycles. The Bertz CT molecular complexity index is 308. The lowest BCUT2D eigenvalue weighted by Gasteiger charge is -2.18. The Labute approximate surface area is 83.5 Å². The van der Waals surface area contributed by atoms with E-state index in [1.807, 2.05) is 24.3 Å². The fraction of sp³-hybridized carbons (Fsp3) is 0.455. The van der Waals surface area contributed by atoms with Gasteiger partial charge in [0, 0.05) is 23.8 Å². The van der Waals surface area contributed by atoms with Crippen LogP contribution in [0.5, 0.6) is 0 Å². The number of benzene rings is 1. The predicted octanol–water partition coefficient (Wildman–Crippen LogP) is 1.34. The summed E-state index contributed by atoms with van der Waals surface area (Å²) in [5.41, 5.74) is 7.27. The van der Waals surface area contributed by atoms with E-state index >= 15 is 0 Å². The van der Waals surface area contributed by atoms with Crippen LogP contribution < -0.4 is 5.73 Å². The van der Waals surface area contributed by atoms with Gasteiger partial charge in [-0.1, -0.05) is 18.2 Å². The minimum Gasteiger partial charge on any atom is -0.398 e. The standard InChI is InChI=1S/C11H15NO2/c12-10-4-2-1-3-9(10)11(13)8-5-6-14-7-8/h1-4,8,11,13H,5-7,12H2. The van der Waals surface area contributed by atoms with Crippen LogP contribution in [0.15, 0.2) is 24.3 Å². The largest absolute Gasteiger partial charge is 0.398 e. The Kier molecular flexibility index (Phi) is 2.70. The van der Waals surface area contributed by atoms with E-state index in [4.69, 9.17) is 10.5 Å². The summed E-state index contributed by atoms with van der Waals surface area (Å²) in [6.07, 6.45) is 0.425. The molecule has 0 saturated carbocycles. The molecule has 1 aliphatic heterocycles. The minimum atomic E-state index is -0.487. The van der Waals surface area contributed by atoms with Crippen molar-refractivity contribution in [3.8, 4) is 0 Å². The van der Waals surface area contributed by atoms with E-state index in [-0.39, 0.29) is 5.92 Å². The highest BCUT2D eigenvalue weighted by molar-refractivity contribution is 5.47. The summed E-state index contributed by atoms with van der Waals surface area (Å²) < 4.78 is 5.24. The van der Waals surface area contributed by atoms with Gasteiger partial charge < -0.3 is 15.6 Å². The van der Waals surface area contributed by atoms with Crippen LogP contribution in [0, 0.1) is 5.92 Å². The number of aliphatic hydroxyl groups excluding tert-OH is 1. The SMILES string of the molecule is Nc1ccccc1C(O)C1CCOC1. The van der Waals surface area contributed by atoms with Crippen LogP contribution in [0.2, 0.25) is 0 Å². The lowest BCUT2D eigenvalue weighted by atomic mass is 9.94. The number of rotatable bonds is 2. The zero-order valence-corrected chi connectivity index (χ0v) is 8.02. The smallest absolute Gasteiger partial charge is 0.0860 e. The van der Waals surface area contributed by atoms with Crippen LogP contribution in [0.25, 0.3) is 0 Å². The van der Waals surface area contributed by atoms with Crippen molar-refractivity contribution in [2.24, 2.45) is 5.92 Å². The topological polar surface area (TPSA) is 55.5 Å². The van der Waals surface area contributed by atoms with Crippen molar-refractivity contribution in [2.75, 3.05) is 18.9 Å². The van der Waals surface area contributed by atoms with Crippen LogP contribution in [-0.4, -0.2) is 18.3 Å². The molecule has 2 unspecified atom stereocenters. The van der Waals surface area contributed by atoms with Crippen molar-refractivity contribution in [1.29, 1.82) is 0 Å². The molecule has 3 nitrogen and oxygen atoms in total. The normalized spacial score (nSPS) is 23.6. The Balaban J connectivity index is 2.17. The van der Waals surface area contributed by atoms with Gasteiger partial charge >= 0.3 is 0 Å². The molecule has 0 aliphatic carbocycles. The van der Waals surface area contributed by atoms with E-state index in [9.17, 15) is 5.11 Å². The molecule has 0 bridgehead atoms. The minimum absolute atomic E-state index is 0.194. The van der Waals surface area contributed by atoms with Gasteiger partial charge in [0.15, 0.2) is 0 Å². The van der Waals surface area contributed by atoms with E-state index in [0.717, 1.165) is 18.6 Å². The lowest BCUT2D eigenvalue weighted by Crippen LogP contribution is -2.13. The van der Waals surface area contributed by atoms with Crippen LogP contribution in [0.1, 0.15) is 18.1 Å². The summed E-state index contributed by atoms with van der Waals surface area (Å²) in [6, 6.07) is 7.45. The van der Waals surface area contributed by atoms with Gasteiger partial charge in [0.1, 0.15) is 0 Å². The molecule has 3 N–H and O–H groups in total. The first kappa shape index (κ1) is 9.49. The zero-order chi connectivity index (χ0) is 9.97. The average Bonchev–Trinajstić information content (AvgIpc) is 2.70. The van der Waals surface area contributed by atoms with Gasteiger partial charge in [-0.3, -0.25) is 0 Å². The number of ether oxygens (including phenoxy) is 1. The van der Waals surface area contributed by atoms with Crippen LogP contribution >= 0.6 is 0 Å². The summed E-state index contributed by atoms with van der Waals surface area (Å²) in [4.78, 5) is 0. The second kappa shape index (κ2) is 3.98. The lowest BCUT2D eigenvalue weighted by molar-refractivity contribution is 0.0923. The molecule has 0 spiro atoms. The van der Waals surface area contributed by atoms with Gasteiger partial charge in [-0.05, 0) is 12.5 Å². The number of hydrogen-bond donors (Lipinski definition) is 2. The fourth-order valence-electron chi connectivity index (χ4n) is 1.84. The van der Waals surface area contributed by atoms with Gasteiger partial charge in [-0.15, -0.1) is 0 Å². The number of anilines is 1. The van der Waals surface area contributed by atoms with Gasteiger partial charge in [0.2, 0.25) is 0 Å². The van der Waals surface area contributed by atoms with Crippen molar-refractivity contribution in [3.05, 3.63) is 29.8 Å². The third kappa shape index (κ3) is 1.74. The van der Waals surface area contributed by atoms with Gasteiger partial charge in [-0.2, -0.15) is 0 Å². The first-order valence-corrected chi connectivity index (χ1v) is 4.89. The van der Waals surface area contributed by atoms with Gasteiger partial charge in [-0.25, -0.2) is 0 Å². The summed E-state index contributed by atoms with van der Waals surface area (Å²) in [7, 11) is 0. The molecule has 1 aliphatic rings. The third-order valence-electron chi connectivity index (χ3n) is 2.73. The molecule has 2 atom stereocenters. The Morgan fingerprint density at radius 1 is 1.43 bits per heavy atom. The first-order valence-electron chi connectivity index (χ1n) is 4.89. The highest BCUT2D eigenvalue weighted by atomic mass is 16.5. The van der Waals surface area contributed by atoms with Crippen molar-refractivity contribution in [1.82, 2.24) is 0 Å². The average molecular weight is 193 g/mol. The summed E-state index contributed by atoms with van der Waals surface area (Å²) in [6.45, 7) is 1.38. The molecular formula is C11H15NO2. The van der Waals surface area contributed by atoms with Crippen molar-refractivity contribution in [3.63, 3.8) is 0 Å². The zero-order valence-electron chi connectivity index (χ0n) is 8.02. The molecule has 1 saturated heterocycles. The summed E-state index contributed by atoms with van der Waals surface area (Å²) >= 11 is 0. The van der Waals surface area contributed by atoms with Gasteiger partial charge in [0.25, 0.3) is 0 Å². The van der Waals surface area contributed by atoms with Crippen LogP contribution in [0.4, 0.5) is 5.69 Å². The number of hydrogen-bond acceptors (Lipinski definition) is 3. The number of aliphatic hydroxyl groups is 1. The predicted molar refractivity (Wildman–Crippen MR) is 54.7 cm³/mol. The first-order chi connectivity index (χ1) is 6.79. The van der Waals surface area contributed by atoms with E-state index in [1.165, 1.54) is 0 Å². The maximum Gasteiger partial charge on any atom is 0.0860 e. The molecule has 0 radical (unpaired) electrons. The quantitative estimate of drug-likeness (QED) is 0.697. The van der Waals surface area contributed by atoms with Crippen molar-refractivity contribution < 1.29 is 9.84 Å². The monoisotopic (exact) mass is 193 g/mol. The maximum atomic E-state index is 10.0. The van der Waals surface area contributed by atoms with Crippen LogP contribution in [-0.2, 0) is 4.74 Å². The Morgan fingerprint density at radius 2 is 2.21 bits per heavy atom. The second-order valence-electron chi connectivity index (χ2n) is 3.70. The van der Waals surface area contributed by atoms with Crippen molar-refractivity contribution >= 4 is 5.69 Å². The Morgan fingerprint density at radius 3 is 2.86 bits per heavy atom. The van der Waals surface area contributed by atoms with Crippen molar-refractivity contribution in [2.45, 2.75) is 12.5 Å². The Hall–Kier alpha value is -1.06. The molecule has 76 valence electrons. The molecule has 14 heavy (non-hydrogen) atoms.